The van der Waals surface area contributed by atoms with Crippen LogP contribution in [0.25, 0.3) is 0 Å². The van der Waals surface area contributed by atoms with Gasteiger partial charge in [0.1, 0.15) is 0 Å². The molecule has 0 aromatic carbocycles. The molecule has 15 heavy (non-hydrogen) atoms. The van der Waals surface area contributed by atoms with Gasteiger partial charge < -0.3 is 15.2 Å². The number of hydrogen-bond donors (Lipinski definition) is 2. The molecule has 3 nitrogen and oxygen atoms in total. The molecule has 1 rings (SSSR count). The molecule has 2 N–H and O–H groups in total. The predicted octanol–water partition coefficient (Wildman–Crippen LogP) is 1.26. The summed E-state index contributed by atoms with van der Waals surface area (Å²) in [6, 6.07) is 0.646. The van der Waals surface area contributed by atoms with Crippen molar-refractivity contribution in [3.8, 4) is 0 Å². The first kappa shape index (κ1) is 13.3. The number of aliphatic hydroxyl groups excluding tert-OH is 1. The fraction of sp³-hybridized carbons (Fsp3) is 1.00. The number of aliphatic hydroxyl groups is 1. The van der Waals surface area contributed by atoms with Crippen LogP contribution in [0, 0.1) is 0 Å². The topological polar surface area (TPSA) is 41.5 Å². The highest BCUT2D eigenvalue weighted by molar-refractivity contribution is 7.99. The van der Waals surface area contributed by atoms with E-state index in [4.69, 9.17) is 9.84 Å². The van der Waals surface area contributed by atoms with Crippen molar-refractivity contribution in [3.05, 3.63) is 0 Å². The van der Waals surface area contributed by atoms with Crippen LogP contribution in [0.4, 0.5) is 0 Å². The summed E-state index contributed by atoms with van der Waals surface area (Å²) in [5.74, 6) is 2.22. The minimum atomic E-state index is 0.317. The van der Waals surface area contributed by atoms with Crippen LogP contribution in [0.15, 0.2) is 0 Å². The molecule has 0 radical (unpaired) electrons. The summed E-state index contributed by atoms with van der Waals surface area (Å²) in [7, 11) is 0. The Kier molecular flexibility index (Phi) is 7.44. The van der Waals surface area contributed by atoms with Crippen LogP contribution in [0.5, 0.6) is 0 Å². The molecule has 0 amide bonds. The zero-order valence-corrected chi connectivity index (χ0v) is 10.4. The molecule has 1 aliphatic heterocycles. The van der Waals surface area contributed by atoms with Gasteiger partial charge in [-0.3, -0.25) is 0 Å². The van der Waals surface area contributed by atoms with Crippen molar-refractivity contribution >= 4 is 11.8 Å². The van der Waals surface area contributed by atoms with Crippen LogP contribution in [0.2, 0.25) is 0 Å². The largest absolute Gasteiger partial charge is 0.396 e. The summed E-state index contributed by atoms with van der Waals surface area (Å²) in [5, 5.41) is 12.2. The lowest BCUT2D eigenvalue weighted by atomic mass is 10.0. The third-order valence-corrected chi connectivity index (χ3v) is 3.68. The second-order valence-electron chi connectivity index (χ2n) is 4.05. The fourth-order valence-electron chi connectivity index (χ4n) is 1.79. The zero-order valence-electron chi connectivity index (χ0n) is 9.58. The number of ether oxygens (including phenoxy) is 1. The van der Waals surface area contributed by atoms with E-state index in [-0.39, 0.29) is 0 Å². The monoisotopic (exact) mass is 233 g/mol. The minimum absolute atomic E-state index is 0.317. The normalized spacial score (nSPS) is 26.8. The summed E-state index contributed by atoms with van der Waals surface area (Å²) < 4.78 is 5.49. The van der Waals surface area contributed by atoms with Crippen LogP contribution in [0.1, 0.15) is 26.2 Å². The van der Waals surface area contributed by atoms with Gasteiger partial charge in [-0.2, -0.15) is 11.8 Å². The van der Waals surface area contributed by atoms with E-state index in [9.17, 15) is 0 Å². The van der Waals surface area contributed by atoms with Crippen molar-refractivity contribution in [2.75, 3.05) is 31.3 Å². The standard InChI is InChI=1S/C11H23NO2S/c1-10-9-11(3-6-14-10)12-4-8-15-7-2-5-13/h10-13H,2-9H2,1H3. The van der Waals surface area contributed by atoms with Gasteiger partial charge >= 0.3 is 0 Å². The van der Waals surface area contributed by atoms with E-state index in [2.05, 4.69) is 12.2 Å². The number of nitrogens with one attached hydrogen (secondary N) is 1. The van der Waals surface area contributed by atoms with Gasteiger partial charge in [0.05, 0.1) is 6.10 Å². The molecule has 90 valence electrons. The van der Waals surface area contributed by atoms with Crippen molar-refractivity contribution in [3.63, 3.8) is 0 Å². The lowest BCUT2D eigenvalue weighted by Gasteiger charge is -2.28. The van der Waals surface area contributed by atoms with Gasteiger partial charge in [-0.1, -0.05) is 0 Å². The first-order valence-electron chi connectivity index (χ1n) is 5.86. The molecule has 2 unspecified atom stereocenters. The lowest BCUT2D eigenvalue weighted by Crippen LogP contribution is -2.38. The number of hydrogen-bond acceptors (Lipinski definition) is 4. The minimum Gasteiger partial charge on any atom is -0.396 e. The van der Waals surface area contributed by atoms with Gasteiger partial charge in [-0.15, -0.1) is 0 Å². The zero-order chi connectivity index (χ0) is 10.9. The number of rotatable bonds is 7. The summed E-state index contributed by atoms with van der Waals surface area (Å²) in [5.41, 5.74) is 0. The van der Waals surface area contributed by atoms with Crippen LogP contribution < -0.4 is 5.32 Å². The van der Waals surface area contributed by atoms with E-state index in [0.29, 0.717) is 18.8 Å². The molecule has 2 atom stereocenters. The Balaban J connectivity index is 1.90. The molecule has 0 saturated carbocycles. The Morgan fingerprint density at radius 1 is 1.47 bits per heavy atom. The molecular weight excluding hydrogens is 210 g/mol. The Morgan fingerprint density at radius 2 is 2.33 bits per heavy atom. The van der Waals surface area contributed by atoms with Gasteiger partial charge in [-0.25, -0.2) is 0 Å². The van der Waals surface area contributed by atoms with Crippen LogP contribution in [-0.2, 0) is 4.74 Å². The van der Waals surface area contributed by atoms with Crippen LogP contribution in [-0.4, -0.2) is 48.5 Å². The maximum atomic E-state index is 8.61. The van der Waals surface area contributed by atoms with Crippen molar-refractivity contribution in [1.29, 1.82) is 0 Å². The van der Waals surface area contributed by atoms with Gasteiger partial charge in [0.15, 0.2) is 0 Å². The summed E-state index contributed by atoms with van der Waals surface area (Å²) in [4.78, 5) is 0. The van der Waals surface area contributed by atoms with Gasteiger partial charge in [0.25, 0.3) is 0 Å². The molecular formula is C11H23NO2S. The first-order chi connectivity index (χ1) is 7.33. The van der Waals surface area contributed by atoms with E-state index < -0.39 is 0 Å². The quantitative estimate of drug-likeness (QED) is 0.650. The average Bonchev–Trinajstić information content (AvgIpc) is 2.23. The van der Waals surface area contributed by atoms with Crippen LogP contribution in [0.3, 0.4) is 0 Å². The predicted molar refractivity (Wildman–Crippen MR) is 65.5 cm³/mol. The Morgan fingerprint density at radius 3 is 3.07 bits per heavy atom. The van der Waals surface area contributed by atoms with Crippen molar-refractivity contribution < 1.29 is 9.84 Å². The molecule has 1 saturated heterocycles. The molecule has 0 spiro atoms. The maximum Gasteiger partial charge on any atom is 0.0561 e. The van der Waals surface area contributed by atoms with E-state index in [0.717, 1.165) is 43.9 Å². The molecule has 0 aromatic rings. The lowest BCUT2D eigenvalue weighted by molar-refractivity contribution is 0.0138. The van der Waals surface area contributed by atoms with Gasteiger partial charge in [-0.05, 0) is 31.9 Å². The van der Waals surface area contributed by atoms with E-state index in [1.807, 2.05) is 11.8 Å². The second kappa shape index (κ2) is 8.39. The van der Waals surface area contributed by atoms with Gasteiger partial charge in [0.2, 0.25) is 0 Å². The molecule has 1 heterocycles. The molecule has 0 aliphatic carbocycles. The molecule has 0 bridgehead atoms. The molecule has 1 aliphatic rings. The third-order valence-electron chi connectivity index (χ3n) is 2.61. The molecule has 1 fully saturated rings. The fourth-order valence-corrected chi connectivity index (χ4v) is 2.59. The first-order valence-corrected chi connectivity index (χ1v) is 7.02. The van der Waals surface area contributed by atoms with Crippen molar-refractivity contribution in [1.82, 2.24) is 5.32 Å². The molecule has 4 heteroatoms. The highest BCUT2D eigenvalue weighted by Crippen LogP contribution is 2.13. The Bertz CT molecular complexity index is 158. The van der Waals surface area contributed by atoms with Crippen LogP contribution >= 0.6 is 11.8 Å². The second-order valence-corrected chi connectivity index (χ2v) is 5.27. The molecule has 0 aromatic heterocycles. The van der Waals surface area contributed by atoms with E-state index >= 15 is 0 Å². The highest BCUT2D eigenvalue weighted by Gasteiger charge is 2.17. The maximum absolute atomic E-state index is 8.61. The summed E-state index contributed by atoms with van der Waals surface area (Å²) in [6.07, 6.45) is 3.62. The van der Waals surface area contributed by atoms with E-state index in [1.165, 1.54) is 0 Å². The number of thioether (sulfide) groups is 1. The smallest absolute Gasteiger partial charge is 0.0561 e. The van der Waals surface area contributed by atoms with Gasteiger partial charge in [0, 0.05) is 31.6 Å². The Labute approximate surface area is 97.0 Å². The SMILES string of the molecule is CC1CC(NCCSCCCO)CCO1. The van der Waals surface area contributed by atoms with E-state index in [1.54, 1.807) is 0 Å². The van der Waals surface area contributed by atoms with Crippen molar-refractivity contribution in [2.24, 2.45) is 0 Å². The third kappa shape index (κ3) is 6.40. The van der Waals surface area contributed by atoms with Crippen molar-refractivity contribution in [2.45, 2.75) is 38.3 Å². The highest BCUT2D eigenvalue weighted by atomic mass is 32.2. The Hall–Kier alpha value is 0.230. The summed E-state index contributed by atoms with van der Waals surface area (Å²) in [6.45, 7) is 4.44. The summed E-state index contributed by atoms with van der Waals surface area (Å²) >= 11 is 1.91. The average molecular weight is 233 g/mol.